The molecule has 1 rings (SSSR count). The van der Waals surface area contributed by atoms with Crippen molar-refractivity contribution >= 4 is 12.1 Å². The zero-order valence-electron chi connectivity index (χ0n) is 10.8. The molecule has 1 unspecified atom stereocenters. The molecule has 2 N–H and O–H groups in total. The smallest absolute Gasteiger partial charge is 0.408 e. The molecule has 0 aromatic heterocycles. The van der Waals surface area contributed by atoms with E-state index in [2.05, 4.69) is 16.6 Å². The Labute approximate surface area is 114 Å². The van der Waals surface area contributed by atoms with Crippen LogP contribution in [0.25, 0.3) is 0 Å². The van der Waals surface area contributed by atoms with Crippen molar-refractivity contribution in [1.29, 1.82) is 0 Å². The molecule has 0 heterocycles. The van der Waals surface area contributed by atoms with E-state index in [1.807, 2.05) is 0 Å². The lowest BCUT2D eigenvalue weighted by Gasteiger charge is -2.15. The Morgan fingerprint density at radius 1 is 1.55 bits per heavy atom. The lowest BCUT2D eigenvalue weighted by atomic mass is 10.1. The van der Waals surface area contributed by atoms with Gasteiger partial charge in [0.25, 0.3) is 0 Å². The minimum Gasteiger partial charge on any atom is -0.494 e. The highest BCUT2D eigenvalue weighted by molar-refractivity contribution is 5.81. The Bertz CT molecular complexity index is 517. The average molecular weight is 283 g/mol. The van der Waals surface area contributed by atoms with Crippen molar-refractivity contribution < 1.29 is 28.6 Å². The van der Waals surface area contributed by atoms with Crippen LogP contribution in [0.15, 0.2) is 30.9 Å². The number of carboxylic acids is 1. The normalized spacial score (nSPS) is 11.3. The van der Waals surface area contributed by atoms with Crippen molar-refractivity contribution in [2.24, 2.45) is 0 Å². The second kappa shape index (κ2) is 7.13. The molecule has 20 heavy (non-hydrogen) atoms. The van der Waals surface area contributed by atoms with E-state index in [1.54, 1.807) is 0 Å². The van der Waals surface area contributed by atoms with E-state index in [4.69, 9.17) is 9.84 Å². The Morgan fingerprint density at radius 3 is 2.75 bits per heavy atom. The van der Waals surface area contributed by atoms with Gasteiger partial charge in [0.15, 0.2) is 17.6 Å². The van der Waals surface area contributed by atoms with E-state index in [1.165, 1.54) is 25.3 Å². The van der Waals surface area contributed by atoms with Gasteiger partial charge in [-0.25, -0.2) is 14.0 Å². The van der Waals surface area contributed by atoms with Gasteiger partial charge in [-0.3, -0.25) is 0 Å². The summed E-state index contributed by atoms with van der Waals surface area (Å²) in [5, 5.41) is 11.2. The largest absolute Gasteiger partial charge is 0.494 e. The summed E-state index contributed by atoms with van der Waals surface area (Å²) in [4.78, 5) is 22.5. The van der Waals surface area contributed by atoms with Gasteiger partial charge in [-0.2, -0.15) is 0 Å². The summed E-state index contributed by atoms with van der Waals surface area (Å²) in [5.41, 5.74) is 0.0614. The molecule has 6 nitrogen and oxygen atoms in total. The second-order valence-electron chi connectivity index (χ2n) is 3.70. The van der Waals surface area contributed by atoms with Crippen molar-refractivity contribution in [3.63, 3.8) is 0 Å². The van der Waals surface area contributed by atoms with E-state index in [0.29, 0.717) is 0 Å². The molecule has 0 saturated heterocycles. The number of nitrogens with one attached hydrogen (secondary N) is 1. The van der Waals surface area contributed by atoms with Crippen LogP contribution in [0, 0.1) is 5.82 Å². The van der Waals surface area contributed by atoms with Crippen LogP contribution < -0.4 is 10.1 Å². The number of ether oxygens (including phenoxy) is 2. The van der Waals surface area contributed by atoms with E-state index >= 15 is 0 Å². The summed E-state index contributed by atoms with van der Waals surface area (Å²) < 4.78 is 22.9. The molecule has 0 fully saturated rings. The topological polar surface area (TPSA) is 84.9 Å². The highest BCUT2D eigenvalue weighted by Crippen LogP contribution is 2.22. The van der Waals surface area contributed by atoms with Crippen molar-refractivity contribution in [1.82, 2.24) is 5.32 Å². The van der Waals surface area contributed by atoms with Gasteiger partial charge in [0.1, 0.15) is 6.61 Å². The van der Waals surface area contributed by atoms with Crippen LogP contribution in [0.4, 0.5) is 9.18 Å². The van der Waals surface area contributed by atoms with Crippen LogP contribution in [0.1, 0.15) is 11.6 Å². The van der Waals surface area contributed by atoms with Crippen molar-refractivity contribution in [3.8, 4) is 5.75 Å². The molecule has 108 valence electrons. The first-order chi connectivity index (χ1) is 9.49. The number of hydrogen-bond acceptors (Lipinski definition) is 4. The number of methoxy groups -OCH3 is 1. The zero-order valence-corrected chi connectivity index (χ0v) is 10.8. The van der Waals surface area contributed by atoms with Gasteiger partial charge in [-0.15, -0.1) is 0 Å². The number of carbonyl (C=O) groups is 2. The van der Waals surface area contributed by atoms with Crippen LogP contribution in [0.2, 0.25) is 0 Å². The maximum Gasteiger partial charge on any atom is 0.408 e. The molecule has 0 saturated carbocycles. The molecule has 1 aromatic carbocycles. The Morgan fingerprint density at radius 2 is 2.25 bits per heavy atom. The van der Waals surface area contributed by atoms with Gasteiger partial charge in [-0.05, 0) is 17.7 Å². The number of halogens is 1. The Kier molecular flexibility index (Phi) is 5.52. The minimum atomic E-state index is -1.42. The van der Waals surface area contributed by atoms with Crippen molar-refractivity contribution in [2.75, 3.05) is 13.7 Å². The molecule has 1 amide bonds. The number of amides is 1. The molecular formula is C13H14FNO5. The number of aliphatic carboxylic acids is 1. The van der Waals surface area contributed by atoms with Crippen molar-refractivity contribution in [2.45, 2.75) is 6.04 Å². The number of carboxylic acid groups (broad SMARTS) is 1. The number of carbonyl (C=O) groups excluding carboxylic acids is 1. The molecule has 1 aromatic rings. The first-order valence-corrected chi connectivity index (χ1v) is 5.60. The minimum absolute atomic E-state index is 0.0212. The lowest BCUT2D eigenvalue weighted by Crippen LogP contribution is -2.34. The summed E-state index contributed by atoms with van der Waals surface area (Å²) in [5.74, 6) is -2.09. The third-order valence-corrected chi connectivity index (χ3v) is 2.35. The second-order valence-corrected chi connectivity index (χ2v) is 3.70. The molecule has 1 atom stereocenters. The van der Waals surface area contributed by atoms with Gasteiger partial charge in [0, 0.05) is 0 Å². The highest BCUT2D eigenvalue weighted by Gasteiger charge is 2.23. The Balaban J connectivity index is 2.91. The summed E-state index contributed by atoms with van der Waals surface area (Å²) in [6, 6.07) is 2.17. The van der Waals surface area contributed by atoms with E-state index in [9.17, 15) is 14.0 Å². The van der Waals surface area contributed by atoms with Crippen LogP contribution in [-0.2, 0) is 9.53 Å². The third-order valence-electron chi connectivity index (χ3n) is 2.35. The molecule has 0 bridgehead atoms. The van der Waals surface area contributed by atoms with Crippen LogP contribution >= 0.6 is 0 Å². The molecular weight excluding hydrogens is 269 g/mol. The van der Waals surface area contributed by atoms with Gasteiger partial charge < -0.3 is 19.9 Å². The van der Waals surface area contributed by atoms with E-state index in [-0.39, 0.29) is 17.9 Å². The maximum absolute atomic E-state index is 13.5. The molecule has 0 spiro atoms. The number of alkyl carbamates (subject to hydrolysis) is 1. The number of rotatable bonds is 6. The Hall–Kier alpha value is -2.57. The first-order valence-electron chi connectivity index (χ1n) is 5.60. The van der Waals surface area contributed by atoms with E-state index < -0.39 is 23.9 Å². The highest BCUT2D eigenvalue weighted by atomic mass is 19.1. The fraction of sp³-hybridized carbons (Fsp3) is 0.231. The quantitative estimate of drug-likeness (QED) is 0.778. The summed E-state index contributed by atoms with van der Waals surface area (Å²) >= 11 is 0. The van der Waals surface area contributed by atoms with Gasteiger partial charge in [0.2, 0.25) is 0 Å². The first kappa shape index (κ1) is 15.5. The summed E-state index contributed by atoms with van der Waals surface area (Å²) in [7, 11) is 1.29. The molecule has 7 heteroatoms. The number of hydrogen-bond donors (Lipinski definition) is 2. The fourth-order valence-electron chi connectivity index (χ4n) is 1.44. The molecule has 0 aliphatic rings. The maximum atomic E-state index is 13.5. The van der Waals surface area contributed by atoms with Crippen molar-refractivity contribution in [3.05, 3.63) is 42.2 Å². The van der Waals surface area contributed by atoms with Crippen LogP contribution in [0.5, 0.6) is 5.75 Å². The SMILES string of the molecule is C=CCOC(=O)NC(C(=O)O)c1ccc(OC)c(F)c1. The molecule has 0 radical (unpaired) electrons. The average Bonchev–Trinajstić information content (AvgIpc) is 2.42. The standard InChI is InChI=1S/C13H14FNO5/c1-3-6-20-13(18)15-11(12(16)17)8-4-5-10(19-2)9(14)7-8/h3-5,7,11H,1,6H2,2H3,(H,15,18)(H,16,17). The zero-order chi connectivity index (χ0) is 15.1. The summed E-state index contributed by atoms with van der Waals surface area (Å²) in [6.07, 6.45) is 0.399. The van der Waals surface area contributed by atoms with Gasteiger partial charge in [-0.1, -0.05) is 18.7 Å². The predicted octanol–water partition coefficient (Wildman–Crippen LogP) is 1.87. The van der Waals surface area contributed by atoms with E-state index in [0.717, 1.165) is 6.07 Å². The van der Waals surface area contributed by atoms with Crippen LogP contribution in [-0.4, -0.2) is 30.9 Å². The lowest BCUT2D eigenvalue weighted by molar-refractivity contribution is -0.139. The van der Waals surface area contributed by atoms with Gasteiger partial charge in [0.05, 0.1) is 7.11 Å². The summed E-state index contributed by atoms with van der Waals surface area (Å²) in [6.45, 7) is 3.29. The monoisotopic (exact) mass is 283 g/mol. The fourth-order valence-corrected chi connectivity index (χ4v) is 1.44. The number of benzene rings is 1. The van der Waals surface area contributed by atoms with Gasteiger partial charge >= 0.3 is 12.1 Å². The van der Waals surface area contributed by atoms with Crippen LogP contribution in [0.3, 0.4) is 0 Å². The molecule has 0 aliphatic carbocycles. The predicted molar refractivity (Wildman–Crippen MR) is 68.0 cm³/mol. The molecule has 0 aliphatic heterocycles. The third kappa shape index (κ3) is 3.98.